The number of aromatic nitrogens is 2. The molecule has 68 valence electrons. The smallest absolute Gasteiger partial charge is 0.215 e. The molecule has 0 aliphatic carbocycles. The van der Waals surface area contributed by atoms with Gasteiger partial charge in [-0.15, -0.1) is 0 Å². The monoisotopic (exact) mass is 168 g/mol. The predicted molar refractivity (Wildman–Crippen MR) is 48.6 cm³/mol. The molecule has 1 aromatic rings. The van der Waals surface area contributed by atoms with Gasteiger partial charge in [-0.1, -0.05) is 13.8 Å². The Labute approximate surface area is 73.3 Å². The Morgan fingerprint density at radius 2 is 2.00 bits per heavy atom. The minimum Gasteiger partial charge on any atom is -0.481 e. The van der Waals surface area contributed by atoms with Crippen LogP contribution in [0.25, 0.3) is 0 Å². The van der Waals surface area contributed by atoms with E-state index in [4.69, 9.17) is 4.74 Å². The second-order valence-electron chi connectivity index (χ2n) is 3.29. The number of ether oxygens (including phenoxy) is 1. The zero-order valence-corrected chi connectivity index (χ0v) is 8.38. The summed E-state index contributed by atoms with van der Waals surface area (Å²) in [7, 11) is 3.58. The fourth-order valence-corrected chi connectivity index (χ4v) is 1.56. The summed E-state index contributed by atoms with van der Waals surface area (Å²) < 4.78 is 7.04. The first-order chi connectivity index (χ1) is 5.57. The van der Waals surface area contributed by atoms with E-state index in [-0.39, 0.29) is 0 Å². The number of hydrogen-bond acceptors (Lipinski definition) is 2. The van der Waals surface area contributed by atoms with Crippen molar-refractivity contribution in [2.24, 2.45) is 7.05 Å². The van der Waals surface area contributed by atoms with Gasteiger partial charge in [0.15, 0.2) is 0 Å². The first kappa shape index (κ1) is 9.10. The largest absolute Gasteiger partial charge is 0.481 e. The number of rotatable bonds is 2. The Kier molecular flexibility index (Phi) is 2.40. The molecule has 3 nitrogen and oxygen atoms in total. The molecule has 0 spiro atoms. The topological polar surface area (TPSA) is 27.1 Å². The van der Waals surface area contributed by atoms with Crippen LogP contribution in [0.1, 0.15) is 31.0 Å². The summed E-state index contributed by atoms with van der Waals surface area (Å²) in [6.45, 7) is 6.30. The fraction of sp³-hybridized carbons (Fsp3) is 0.667. The number of hydrogen-bond donors (Lipinski definition) is 0. The summed E-state index contributed by atoms with van der Waals surface area (Å²) in [5, 5.41) is 4.29. The standard InChI is InChI=1S/C9H16N2O/c1-6(2)8-7(3)10-11(4)9(8)12-5/h6H,1-5H3. The average molecular weight is 168 g/mol. The molecule has 0 atom stereocenters. The highest BCUT2D eigenvalue weighted by Crippen LogP contribution is 2.28. The van der Waals surface area contributed by atoms with Crippen molar-refractivity contribution in [3.8, 4) is 5.88 Å². The van der Waals surface area contributed by atoms with Crippen LogP contribution in [-0.2, 0) is 7.05 Å². The third kappa shape index (κ3) is 1.31. The van der Waals surface area contributed by atoms with Crippen molar-refractivity contribution >= 4 is 0 Å². The van der Waals surface area contributed by atoms with Crippen LogP contribution in [0.5, 0.6) is 5.88 Å². The summed E-state index contributed by atoms with van der Waals surface area (Å²) in [5.41, 5.74) is 2.27. The van der Waals surface area contributed by atoms with Gasteiger partial charge in [-0.25, -0.2) is 4.68 Å². The third-order valence-electron chi connectivity index (χ3n) is 1.98. The molecule has 0 fully saturated rings. The van der Waals surface area contributed by atoms with Crippen LogP contribution in [0.15, 0.2) is 0 Å². The van der Waals surface area contributed by atoms with E-state index >= 15 is 0 Å². The molecule has 0 aliphatic rings. The molecule has 0 bridgehead atoms. The lowest BCUT2D eigenvalue weighted by molar-refractivity contribution is 0.367. The van der Waals surface area contributed by atoms with Crippen LogP contribution in [0.4, 0.5) is 0 Å². The molecule has 1 aromatic heterocycles. The van der Waals surface area contributed by atoms with Gasteiger partial charge >= 0.3 is 0 Å². The molecule has 1 rings (SSSR count). The summed E-state index contributed by atoms with van der Waals surface area (Å²) in [6, 6.07) is 0. The third-order valence-corrected chi connectivity index (χ3v) is 1.98. The van der Waals surface area contributed by atoms with Gasteiger partial charge in [0.1, 0.15) is 0 Å². The number of methoxy groups -OCH3 is 1. The van der Waals surface area contributed by atoms with Crippen LogP contribution in [-0.4, -0.2) is 16.9 Å². The molecule has 0 aromatic carbocycles. The van der Waals surface area contributed by atoms with E-state index in [1.54, 1.807) is 11.8 Å². The molecule has 0 saturated heterocycles. The predicted octanol–water partition coefficient (Wildman–Crippen LogP) is 1.86. The highest BCUT2D eigenvalue weighted by molar-refractivity contribution is 5.33. The Hall–Kier alpha value is -0.990. The van der Waals surface area contributed by atoms with Crippen molar-refractivity contribution in [2.75, 3.05) is 7.11 Å². The average Bonchev–Trinajstić information content (AvgIpc) is 2.24. The maximum atomic E-state index is 5.26. The molecule has 0 amide bonds. The van der Waals surface area contributed by atoms with Crippen LogP contribution in [0, 0.1) is 6.92 Å². The molecular weight excluding hydrogens is 152 g/mol. The van der Waals surface area contributed by atoms with Crippen molar-refractivity contribution in [2.45, 2.75) is 26.7 Å². The summed E-state index contributed by atoms with van der Waals surface area (Å²) in [6.07, 6.45) is 0. The Balaban J connectivity index is 3.23. The van der Waals surface area contributed by atoms with Gasteiger partial charge in [0, 0.05) is 12.6 Å². The van der Waals surface area contributed by atoms with E-state index in [0.717, 1.165) is 11.6 Å². The highest BCUT2D eigenvalue weighted by Gasteiger charge is 2.15. The fourth-order valence-electron chi connectivity index (χ4n) is 1.56. The zero-order valence-electron chi connectivity index (χ0n) is 8.38. The van der Waals surface area contributed by atoms with Gasteiger partial charge in [-0.2, -0.15) is 5.10 Å². The molecule has 1 heterocycles. The SMILES string of the molecule is COc1c(C(C)C)c(C)nn1C. The minimum atomic E-state index is 0.466. The van der Waals surface area contributed by atoms with Gasteiger partial charge in [-0.3, -0.25) is 0 Å². The van der Waals surface area contributed by atoms with Crippen LogP contribution >= 0.6 is 0 Å². The van der Waals surface area contributed by atoms with E-state index in [1.807, 2.05) is 14.0 Å². The zero-order chi connectivity index (χ0) is 9.30. The second-order valence-corrected chi connectivity index (χ2v) is 3.29. The maximum Gasteiger partial charge on any atom is 0.215 e. The van der Waals surface area contributed by atoms with Gasteiger partial charge < -0.3 is 4.74 Å². The molecule has 0 saturated carbocycles. The molecule has 0 aliphatic heterocycles. The highest BCUT2D eigenvalue weighted by atomic mass is 16.5. The first-order valence-electron chi connectivity index (χ1n) is 4.15. The van der Waals surface area contributed by atoms with Crippen LogP contribution in [0.3, 0.4) is 0 Å². The van der Waals surface area contributed by atoms with Crippen molar-refractivity contribution < 1.29 is 4.74 Å². The van der Waals surface area contributed by atoms with E-state index < -0.39 is 0 Å². The van der Waals surface area contributed by atoms with Crippen molar-refractivity contribution in [3.63, 3.8) is 0 Å². The van der Waals surface area contributed by atoms with Gasteiger partial charge in [-0.05, 0) is 12.8 Å². The molecule has 0 unspecified atom stereocenters. The van der Waals surface area contributed by atoms with Crippen LogP contribution < -0.4 is 4.74 Å². The second kappa shape index (κ2) is 3.17. The van der Waals surface area contributed by atoms with Gasteiger partial charge in [0.2, 0.25) is 5.88 Å². The molecule has 12 heavy (non-hydrogen) atoms. The van der Waals surface area contributed by atoms with E-state index in [1.165, 1.54) is 5.56 Å². The summed E-state index contributed by atoms with van der Waals surface area (Å²) >= 11 is 0. The lowest BCUT2D eigenvalue weighted by atomic mass is 10.0. The Morgan fingerprint density at radius 1 is 1.42 bits per heavy atom. The Morgan fingerprint density at radius 3 is 2.33 bits per heavy atom. The first-order valence-corrected chi connectivity index (χ1v) is 4.15. The van der Waals surface area contributed by atoms with Gasteiger partial charge in [0.05, 0.1) is 12.8 Å². The van der Waals surface area contributed by atoms with Crippen LogP contribution in [0.2, 0.25) is 0 Å². The van der Waals surface area contributed by atoms with E-state index in [0.29, 0.717) is 5.92 Å². The quantitative estimate of drug-likeness (QED) is 0.674. The van der Waals surface area contributed by atoms with Gasteiger partial charge in [0.25, 0.3) is 0 Å². The van der Waals surface area contributed by atoms with Crippen molar-refractivity contribution in [3.05, 3.63) is 11.3 Å². The molecule has 0 radical (unpaired) electrons. The van der Waals surface area contributed by atoms with Crippen molar-refractivity contribution in [1.29, 1.82) is 0 Å². The molecule has 3 heteroatoms. The molecule has 0 N–H and O–H groups in total. The van der Waals surface area contributed by atoms with E-state index in [2.05, 4.69) is 18.9 Å². The number of nitrogens with zero attached hydrogens (tertiary/aromatic N) is 2. The van der Waals surface area contributed by atoms with E-state index in [9.17, 15) is 0 Å². The Bertz CT molecular complexity index is 276. The summed E-state index contributed by atoms with van der Waals surface area (Å²) in [5.74, 6) is 1.34. The lowest BCUT2D eigenvalue weighted by Gasteiger charge is -2.06. The lowest BCUT2D eigenvalue weighted by Crippen LogP contribution is -1.97. The normalized spacial score (nSPS) is 10.8. The minimum absolute atomic E-state index is 0.466. The molecular formula is C9H16N2O. The van der Waals surface area contributed by atoms with Crippen molar-refractivity contribution in [1.82, 2.24) is 9.78 Å². The maximum absolute atomic E-state index is 5.26. The summed E-state index contributed by atoms with van der Waals surface area (Å²) in [4.78, 5) is 0. The number of aryl methyl sites for hydroxylation is 2.